The molecule has 2 aliphatic rings. The molecule has 0 spiro atoms. The largest absolute Gasteiger partial charge is 0.439 e. The smallest absolute Gasteiger partial charge is 0.274 e. The number of benzene rings is 2. The lowest BCUT2D eigenvalue weighted by molar-refractivity contribution is 0.0643. The van der Waals surface area contributed by atoms with Crippen molar-refractivity contribution in [1.29, 1.82) is 0 Å². The molecular weight excluding hydrogens is 531 g/mol. The van der Waals surface area contributed by atoms with Gasteiger partial charge >= 0.3 is 0 Å². The molecule has 9 heteroatoms. The summed E-state index contributed by atoms with van der Waals surface area (Å²) in [4.78, 5) is 15.3. The van der Waals surface area contributed by atoms with E-state index in [0.29, 0.717) is 50.7 Å². The van der Waals surface area contributed by atoms with Crippen molar-refractivity contribution in [3.8, 4) is 17.3 Å². The predicted octanol–water partition coefficient (Wildman–Crippen LogP) is 7.67. The first-order valence-electron chi connectivity index (χ1n) is 13.0. The number of amides is 1. The number of nitrogens with zero attached hydrogens (tertiary/aromatic N) is 3. The average Bonchev–Trinajstić information content (AvgIpc) is 3.16. The molecule has 2 fully saturated rings. The molecule has 1 aliphatic carbocycles. The van der Waals surface area contributed by atoms with Crippen molar-refractivity contribution < 1.29 is 9.53 Å². The molecule has 0 radical (unpaired) electrons. The third-order valence-electron chi connectivity index (χ3n) is 7.12. The fourth-order valence-electron chi connectivity index (χ4n) is 4.88. The second-order valence-corrected chi connectivity index (χ2v) is 11.0. The highest BCUT2D eigenvalue weighted by Crippen LogP contribution is 2.35. The summed E-state index contributed by atoms with van der Waals surface area (Å²) in [7, 11) is 0. The zero-order valence-corrected chi connectivity index (χ0v) is 23.0. The molecule has 1 N–H and O–H groups in total. The van der Waals surface area contributed by atoms with Gasteiger partial charge in [0.2, 0.25) is 5.88 Å². The molecule has 5 rings (SSSR count). The van der Waals surface area contributed by atoms with Crippen molar-refractivity contribution in [1.82, 2.24) is 20.0 Å². The minimum atomic E-state index is -0.0921. The Morgan fingerprint density at radius 1 is 0.919 bits per heavy atom. The Morgan fingerprint density at radius 3 is 2.24 bits per heavy atom. The molecule has 1 aromatic heterocycles. The summed E-state index contributed by atoms with van der Waals surface area (Å²) < 4.78 is 8.04. The van der Waals surface area contributed by atoms with Gasteiger partial charge in [-0.1, -0.05) is 66.9 Å². The van der Waals surface area contributed by atoms with Gasteiger partial charge in [0.15, 0.2) is 5.69 Å². The van der Waals surface area contributed by atoms with Gasteiger partial charge in [0.1, 0.15) is 5.75 Å². The van der Waals surface area contributed by atoms with Crippen LogP contribution in [0.3, 0.4) is 0 Å². The van der Waals surface area contributed by atoms with Gasteiger partial charge in [0.25, 0.3) is 5.91 Å². The quantitative estimate of drug-likeness (QED) is 0.321. The summed E-state index contributed by atoms with van der Waals surface area (Å²) in [6.45, 7) is 1.93. The van der Waals surface area contributed by atoms with Crippen LogP contribution in [0, 0.1) is 0 Å². The number of rotatable bonds is 7. The van der Waals surface area contributed by atoms with Crippen molar-refractivity contribution in [2.45, 2.75) is 64.0 Å². The first-order valence-corrected chi connectivity index (χ1v) is 14.2. The van der Waals surface area contributed by atoms with E-state index in [-0.39, 0.29) is 5.91 Å². The summed E-state index contributed by atoms with van der Waals surface area (Å²) in [6.07, 6.45) is 9.54. The van der Waals surface area contributed by atoms with Gasteiger partial charge in [0, 0.05) is 35.7 Å². The van der Waals surface area contributed by atoms with E-state index < -0.39 is 0 Å². The zero-order chi connectivity index (χ0) is 25.8. The summed E-state index contributed by atoms with van der Waals surface area (Å²) >= 11 is 18.9. The maximum absolute atomic E-state index is 13.5. The topological polar surface area (TPSA) is 59.4 Å². The van der Waals surface area contributed by atoms with E-state index in [1.807, 2.05) is 4.90 Å². The summed E-state index contributed by atoms with van der Waals surface area (Å²) in [5.74, 6) is 0.949. The number of ether oxygens (including phenoxy) is 1. The van der Waals surface area contributed by atoms with Crippen molar-refractivity contribution in [2.24, 2.45) is 0 Å². The van der Waals surface area contributed by atoms with Crippen LogP contribution in [0.5, 0.6) is 11.6 Å². The number of aromatic nitrogens is 2. The second-order valence-electron chi connectivity index (χ2n) is 9.76. The molecule has 0 bridgehead atoms. The molecule has 37 heavy (non-hydrogen) atoms. The van der Waals surface area contributed by atoms with E-state index in [0.717, 1.165) is 37.9 Å². The third kappa shape index (κ3) is 6.26. The van der Waals surface area contributed by atoms with Crippen LogP contribution in [0.2, 0.25) is 15.1 Å². The Morgan fingerprint density at radius 2 is 1.59 bits per heavy atom. The monoisotopic (exact) mass is 560 g/mol. The SMILES string of the molecule is O=C(c1nn(-c2ccc(Cl)cc2Cl)c(Oc2ccc(Cl)cc2)c1CNC1CCCCCCC1)N1CCC1. The maximum atomic E-state index is 13.5. The van der Waals surface area contributed by atoms with Gasteiger partial charge in [0.05, 0.1) is 16.3 Å². The molecule has 3 aromatic rings. The lowest BCUT2D eigenvalue weighted by Crippen LogP contribution is -2.42. The van der Waals surface area contributed by atoms with Gasteiger partial charge in [-0.25, -0.2) is 0 Å². The van der Waals surface area contributed by atoms with Crippen LogP contribution in [-0.4, -0.2) is 39.7 Å². The van der Waals surface area contributed by atoms with Crippen LogP contribution < -0.4 is 10.1 Å². The first-order chi connectivity index (χ1) is 18.0. The van der Waals surface area contributed by atoms with E-state index in [1.165, 1.54) is 32.1 Å². The number of hydrogen-bond donors (Lipinski definition) is 1. The standard InChI is InChI=1S/C28H31Cl3N4O2/c29-19-9-12-22(13-10-19)37-28-23(18-32-21-7-4-2-1-3-5-8-21)26(27(36)34-15-6-16-34)33-35(28)25-14-11-20(30)17-24(25)31/h9-14,17,21,32H,1-8,15-16,18H2. The normalized spacial score (nSPS) is 16.7. The maximum Gasteiger partial charge on any atom is 0.274 e. The van der Waals surface area contributed by atoms with Crippen LogP contribution in [-0.2, 0) is 6.54 Å². The molecule has 1 aliphatic heterocycles. The Balaban J connectivity index is 1.57. The van der Waals surface area contributed by atoms with Gasteiger partial charge in [-0.3, -0.25) is 4.79 Å². The molecule has 1 saturated carbocycles. The number of likely N-dealkylation sites (tertiary alicyclic amines) is 1. The number of nitrogens with one attached hydrogen (secondary N) is 1. The average molecular weight is 562 g/mol. The van der Waals surface area contributed by atoms with Crippen molar-refractivity contribution in [3.63, 3.8) is 0 Å². The molecule has 2 heterocycles. The van der Waals surface area contributed by atoms with Gasteiger partial charge in [-0.05, 0) is 61.7 Å². The summed E-state index contributed by atoms with van der Waals surface area (Å²) in [6, 6.07) is 12.7. The van der Waals surface area contributed by atoms with Gasteiger partial charge in [-0.2, -0.15) is 9.78 Å². The zero-order valence-electron chi connectivity index (χ0n) is 20.7. The summed E-state index contributed by atoms with van der Waals surface area (Å²) in [5.41, 5.74) is 1.69. The van der Waals surface area contributed by atoms with Crippen molar-refractivity contribution in [3.05, 3.63) is 68.8 Å². The highest BCUT2D eigenvalue weighted by Gasteiger charge is 2.31. The molecule has 0 unspecified atom stereocenters. The predicted molar refractivity (Wildman–Crippen MR) is 149 cm³/mol. The van der Waals surface area contributed by atoms with E-state index >= 15 is 0 Å². The Bertz CT molecular complexity index is 1230. The lowest BCUT2D eigenvalue weighted by atomic mass is 9.96. The van der Waals surface area contributed by atoms with Crippen LogP contribution >= 0.6 is 34.8 Å². The van der Waals surface area contributed by atoms with Gasteiger partial charge in [-0.15, -0.1) is 0 Å². The Labute approximate surface area is 232 Å². The molecular formula is C28H31Cl3N4O2. The Kier molecular flexibility index (Phi) is 8.60. The molecule has 1 amide bonds. The van der Waals surface area contributed by atoms with Crippen LogP contribution in [0.25, 0.3) is 5.69 Å². The number of halogens is 3. The van der Waals surface area contributed by atoms with Crippen LogP contribution in [0.4, 0.5) is 0 Å². The van der Waals surface area contributed by atoms with E-state index in [9.17, 15) is 4.79 Å². The minimum Gasteiger partial charge on any atom is -0.439 e. The van der Waals surface area contributed by atoms with E-state index in [2.05, 4.69) is 5.32 Å². The van der Waals surface area contributed by atoms with Crippen molar-refractivity contribution >= 4 is 40.7 Å². The molecule has 1 saturated heterocycles. The second kappa shape index (κ2) is 12.1. The highest BCUT2D eigenvalue weighted by atomic mass is 35.5. The number of carbonyl (C=O) groups excluding carboxylic acids is 1. The van der Waals surface area contributed by atoms with Gasteiger partial charge < -0.3 is 15.0 Å². The molecule has 196 valence electrons. The lowest BCUT2D eigenvalue weighted by Gasteiger charge is -2.30. The van der Waals surface area contributed by atoms with Crippen molar-refractivity contribution in [2.75, 3.05) is 13.1 Å². The number of carbonyl (C=O) groups is 1. The van der Waals surface area contributed by atoms with Crippen LogP contribution in [0.15, 0.2) is 42.5 Å². The first kappa shape index (κ1) is 26.4. The number of hydrogen-bond acceptors (Lipinski definition) is 4. The van der Waals surface area contributed by atoms with Crippen LogP contribution in [0.1, 0.15) is 67.4 Å². The van der Waals surface area contributed by atoms with E-state index in [4.69, 9.17) is 44.6 Å². The molecule has 0 atom stereocenters. The fraction of sp³-hybridized carbons (Fsp3) is 0.429. The molecule has 6 nitrogen and oxygen atoms in total. The van der Waals surface area contributed by atoms with E-state index in [1.54, 1.807) is 47.1 Å². The third-order valence-corrected chi connectivity index (χ3v) is 7.91. The fourth-order valence-corrected chi connectivity index (χ4v) is 5.49. The minimum absolute atomic E-state index is 0.0921. The summed E-state index contributed by atoms with van der Waals surface area (Å²) in [5, 5.41) is 10.1. The molecule has 2 aromatic carbocycles. The highest BCUT2D eigenvalue weighted by molar-refractivity contribution is 6.35. The Hall–Kier alpha value is -2.25.